The van der Waals surface area contributed by atoms with Gasteiger partial charge < -0.3 is 16.2 Å². The molecule has 7 heteroatoms. The SMILES string of the molecule is CNC(=O)[C@H](c1nn(C(N)=O)c2c1CC(O)CC2)C(C)(C)C. The summed E-state index contributed by atoms with van der Waals surface area (Å²) < 4.78 is 1.18. The third kappa shape index (κ3) is 2.85. The molecular formula is C15H24N4O3. The summed E-state index contributed by atoms with van der Waals surface area (Å²) in [7, 11) is 1.58. The summed E-state index contributed by atoms with van der Waals surface area (Å²) in [6.07, 6.45) is 0.992. The van der Waals surface area contributed by atoms with Gasteiger partial charge in [0.25, 0.3) is 0 Å². The van der Waals surface area contributed by atoms with Crippen LogP contribution in [-0.2, 0) is 17.6 Å². The normalized spacial score (nSPS) is 19.4. The summed E-state index contributed by atoms with van der Waals surface area (Å²) in [6.45, 7) is 5.84. The number of carbonyl (C=O) groups is 2. The van der Waals surface area contributed by atoms with Crippen LogP contribution in [0.1, 0.15) is 50.1 Å². The predicted octanol–water partition coefficient (Wildman–Crippen LogP) is 0.535. The molecule has 1 unspecified atom stereocenters. The second-order valence-electron chi connectivity index (χ2n) is 6.87. The third-order valence-electron chi connectivity index (χ3n) is 4.13. The van der Waals surface area contributed by atoms with Gasteiger partial charge >= 0.3 is 6.03 Å². The van der Waals surface area contributed by atoms with E-state index in [1.54, 1.807) is 7.05 Å². The van der Waals surface area contributed by atoms with Crippen LogP contribution in [0.4, 0.5) is 4.79 Å². The van der Waals surface area contributed by atoms with Crippen molar-refractivity contribution < 1.29 is 14.7 Å². The molecule has 0 radical (unpaired) electrons. The highest BCUT2D eigenvalue weighted by atomic mass is 16.3. The minimum atomic E-state index is -0.663. The molecule has 1 aliphatic carbocycles. The largest absolute Gasteiger partial charge is 0.393 e. The Labute approximate surface area is 129 Å². The second kappa shape index (κ2) is 5.72. The molecule has 0 bridgehead atoms. The summed E-state index contributed by atoms with van der Waals surface area (Å²) in [4.78, 5) is 24.0. The minimum Gasteiger partial charge on any atom is -0.393 e. The number of hydrogen-bond acceptors (Lipinski definition) is 4. The van der Waals surface area contributed by atoms with Gasteiger partial charge in [-0.05, 0) is 18.3 Å². The van der Waals surface area contributed by atoms with E-state index in [4.69, 9.17) is 5.73 Å². The molecule has 0 spiro atoms. The lowest BCUT2D eigenvalue weighted by molar-refractivity contribution is -0.124. The Hall–Kier alpha value is -1.89. The van der Waals surface area contributed by atoms with Crippen LogP contribution in [0.3, 0.4) is 0 Å². The Morgan fingerprint density at radius 3 is 2.59 bits per heavy atom. The van der Waals surface area contributed by atoms with Crippen molar-refractivity contribution in [2.75, 3.05) is 7.05 Å². The standard InChI is InChI=1S/C15H24N4O3/c1-15(2,3)11(13(21)17-4)12-9-7-8(20)5-6-10(9)19(18-12)14(16)22/h8,11,20H,5-7H2,1-4H3,(H2,16,22)(H,17,21)/t8?,11-/m0/s1. The van der Waals surface area contributed by atoms with Gasteiger partial charge in [0.2, 0.25) is 5.91 Å². The van der Waals surface area contributed by atoms with Crippen molar-refractivity contribution in [1.82, 2.24) is 15.1 Å². The molecule has 2 atom stereocenters. The first kappa shape index (κ1) is 16.5. The molecule has 0 saturated heterocycles. The Bertz CT molecular complexity index is 601. The molecule has 0 aliphatic heterocycles. The maximum absolute atomic E-state index is 12.4. The van der Waals surface area contributed by atoms with Crippen LogP contribution in [0.2, 0.25) is 0 Å². The fourth-order valence-electron chi connectivity index (χ4n) is 3.11. The number of nitrogens with two attached hydrogens (primary N) is 1. The van der Waals surface area contributed by atoms with Gasteiger partial charge in [-0.15, -0.1) is 0 Å². The van der Waals surface area contributed by atoms with E-state index in [0.717, 1.165) is 5.56 Å². The number of aliphatic hydroxyl groups excluding tert-OH is 1. The van der Waals surface area contributed by atoms with Gasteiger partial charge in [-0.3, -0.25) is 4.79 Å². The van der Waals surface area contributed by atoms with Crippen LogP contribution in [-0.4, -0.2) is 40.0 Å². The van der Waals surface area contributed by atoms with Crippen molar-refractivity contribution in [3.63, 3.8) is 0 Å². The summed E-state index contributed by atoms with van der Waals surface area (Å²) in [5.74, 6) is -0.679. The number of likely N-dealkylation sites (N-methyl/N-ethyl adjacent to an activating group) is 1. The summed E-state index contributed by atoms with van der Waals surface area (Å²) in [6, 6.07) is -0.663. The molecule has 22 heavy (non-hydrogen) atoms. The highest BCUT2D eigenvalue weighted by Gasteiger charge is 2.39. The van der Waals surface area contributed by atoms with Crippen molar-refractivity contribution in [1.29, 1.82) is 0 Å². The zero-order valence-corrected chi connectivity index (χ0v) is 13.5. The number of carbonyl (C=O) groups excluding carboxylic acids is 2. The number of hydrogen-bond donors (Lipinski definition) is 3. The Kier molecular flexibility index (Phi) is 4.28. The lowest BCUT2D eigenvalue weighted by Gasteiger charge is -2.29. The van der Waals surface area contributed by atoms with E-state index < -0.39 is 18.1 Å². The number of primary amides is 1. The van der Waals surface area contributed by atoms with E-state index in [2.05, 4.69) is 10.4 Å². The second-order valence-corrected chi connectivity index (χ2v) is 6.87. The minimum absolute atomic E-state index is 0.163. The molecule has 0 fully saturated rings. The maximum Gasteiger partial charge on any atom is 0.339 e. The van der Waals surface area contributed by atoms with Crippen LogP contribution in [0.15, 0.2) is 0 Å². The molecule has 1 aromatic heterocycles. The third-order valence-corrected chi connectivity index (χ3v) is 4.13. The summed E-state index contributed by atoms with van der Waals surface area (Å²) in [5.41, 5.74) is 7.05. The highest BCUT2D eigenvalue weighted by Crippen LogP contribution is 2.39. The average molecular weight is 308 g/mol. The van der Waals surface area contributed by atoms with Gasteiger partial charge in [0.15, 0.2) is 0 Å². The van der Waals surface area contributed by atoms with Crippen LogP contribution < -0.4 is 11.1 Å². The molecule has 122 valence electrons. The van der Waals surface area contributed by atoms with Crippen LogP contribution in [0.25, 0.3) is 0 Å². The fraction of sp³-hybridized carbons (Fsp3) is 0.667. The average Bonchev–Trinajstić information content (AvgIpc) is 2.76. The van der Waals surface area contributed by atoms with Gasteiger partial charge in [-0.25, -0.2) is 4.79 Å². The van der Waals surface area contributed by atoms with E-state index in [9.17, 15) is 14.7 Å². The quantitative estimate of drug-likeness (QED) is 0.740. The number of aliphatic hydroxyl groups is 1. The van der Waals surface area contributed by atoms with Crippen LogP contribution in [0, 0.1) is 5.41 Å². The lowest BCUT2D eigenvalue weighted by atomic mass is 9.75. The van der Waals surface area contributed by atoms with E-state index in [1.807, 2.05) is 20.8 Å². The van der Waals surface area contributed by atoms with E-state index in [1.165, 1.54) is 4.68 Å². The van der Waals surface area contributed by atoms with Gasteiger partial charge in [-0.1, -0.05) is 20.8 Å². The van der Waals surface area contributed by atoms with Crippen molar-refractivity contribution >= 4 is 11.9 Å². The zero-order valence-electron chi connectivity index (χ0n) is 13.5. The van der Waals surface area contributed by atoms with Gasteiger partial charge in [0, 0.05) is 19.0 Å². The van der Waals surface area contributed by atoms with E-state index >= 15 is 0 Å². The van der Waals surface area contributed by atoms with E-state index in [0.29, 0.717) is 30.7 Å². The number of nitrogens with one attached hydrogen (secondary N) is 1. The number of fused-ring (bicyclic) bond motifs is 1. The Balaban J connectivity index is 2.63. The zero-order chi connectivity index (χ0) is 16.7. The summed E-state index contributed by atoms with van der Waals surface area (Å²) in [5, 5.41) is 16.9. The highest BCUT2D eigenvalue weighted by molar-refractivity contribution is 5.84. The molecule has 2 rings (SSSR count). The van der Waals surface area contributed by atoms with Crippen molar-refractivity contribution in [2.24, 2.45) is 11.1 Å². The van der Waals surface area contributed by atoms with Crippen LogP contribution in [0.5, 0.6) is 0 Å². The number of aromatic nitrogens is 2. The molecule has 0 aromatic carbocycles. The number of nitrogens with zero attached hydrogens (tertiary/aromatic N) is 2. The van der Waals surface area contributed by atoms with Crippen LogP contribution >= 0.6 is 0 Å². The Morgan fingerprint density at radius 2 is 2.09 bits per heavy atom. The van der Waals surface area contributed by atoms with Gasteiger partial charge in [-0.2, -0.15) is 9.78 Å². The lowest BCUT2D eigenvalue weighted by Crippen LogP contribution is -2.35. The molecule has 1 aliphatic rings. The smallest absolute Gasteiger partial charge is 0.339 e. The molecular weight excluding hydrogens is 284 g/mol. The van der Waals surface area contributed by atoms with Crippen molar-refractivity contribution in [2.45, 2.75) is 52.1 Å². The number of rotatable bonds is 2. The predicted molar refractivity (Wildman–Crippen MR) is 81.5 cm³/mol. The van der Waals surface area contributed by atoms with Crippen molar-refractivity contribution in [3.05, 3.63) is 17.0 Å². The molecule has 1 aromatic rings. The fourth-order valence-corrected chi connectivity index (χ4v) is 3.11. The topological polar surface area (TPSA) is 110 Å². The monoisotopic (exact) mass is 308 g/mol. The maximum atomic E-state index is 12.4. The molecule has 1 heterocycles. The van der Waals surface area contributed by atoms with Gasteiger partial charge in [0.05, 0.1) is 23.4 Å². The first-order chi connectivity index (χ1) is 10.2. The first-order valence-electron chi connectivity index (χ1n) is 7.47. The summed E-state index contributed by atoms with van der Waals surface area (Å²) >= 11 is 0. The number of amides is 2. The van der Waals surface area contributed by atoms with Gasteiger partial charge in [0.1, 0.15) is 0 Å². The molecule has 7 nitrogen and oxygen atoms in total. The molecule has 0 saturated carbocycles. The van der Waals surface area contributed by atoms with E-state index in [-0.39, 0.29) is 11.3 Å². The van der Waals surface area contributed by atoms with Crippen molar-refractivity contribution in [3.8, 4) is 0 Å². The molecule has 4 N–H and O–H groups in total. The first-order valence-corrected chi connectivity index (χ1v) is 7.47. The Morgan fingerprint density at radius 1 is 1.45 bits per heavy atom. The molecule has 2 amide bonds.